The fraction of sp³-hybridized carbons (Fsp3) is 0.545. The van der Waals surface area contributed by atoms with Crippen molar-refractivity contribution in [2.45, 2.75) is 112 Å². The van der Waals surface area contributed by atoms with Crippen molar-refractivity contribution >= 4 is 31.8 Å². The van der Waals surface area contributed by atoms with Crippen LogP contribution in [-0.4, -0.2) is 82.1 Å². The minimum Gasteiger partial charge on any atom is -0.387 e. The molecule has 64 heavy (non-hydrogen) atoms. The number of urea groups is 1. The average molecular weight is 921 g/mol. The SMILES string of the molecule is CCOC1(c2cc(S(=O)(=O)NC(=O)Nc3c4c(cc5c3CCC5)CCC4)nn2C)COC1.CCOC1(c2cc(S(N)(=O)=O)nn2C)COC1.N#COc1c2c(cc3c1CCC3)CCC2. The smallest absolute Gasteiger partial charge is 0.333 e. The van der Waals surface area contributed by atoms with Crippen molar-refractivity contribution in [1.82, 2.24) is 24.3 Å². The third-order valence-electron chi connectivity index (χ3n) is 12.9. The summed E-state index contributed by atoms with van der Waals surface area (Å²) in [7, 11) is -4.64. The number of carbonyl (C=O) groups is 1. The van der Waals surface area contributed by atoms with E-state index in [0.29, 0.717) is 51.0 Å². The Hall–Kier alpha value is -4.88. The fourth-order valence-electron chi connectivity index (χ4n) is 9.96. The number of nitrogens with zero attached hydrogens (tertiary/aromatic N) is 5. The first-order chi connectivity index (χ1) is 30.6. The Morgan fingerprint density at radius 3 is 1.53 bits per heavy atom. The number of fused-ring (bicyclic) bond motifs is 4. The van der Waals surface area contributed by atoms with E-state index >= 15 is 0 Å². The second kappa shape index (κ2) is 18.2. The summed E-state index contributed by atoms with van der Waals surface area (Å²) in [6, 6.07) is 6.73. The number of nitrogens with two attached hydrogens (primary N) is 1. The number of carbonyl (C=O) groups excluding carboxylic acids is 1. The van der Waals surface area contributed by atoms with Crippen LogP contribution in [0.3, 0.4) is 0 Å². The van der Waals surface area contributed by atoms with Gasteiger partial charge in [-0.1, -0.05) is 12.1 Å². The first-order valence-electron chi connectivity index (χ1n) is 21.9. The Labute approximate surface area is 373 Å². The summed E-state index contributed by atoms with van der Waals surface area (Å²) in [6.45, 7) is 6.17. The molecule has 2 aromatic heterocycles. The molecule has 10 rings (SSSR count). The number of primary sulfonamides is 1. The van der Waals surface area contributed by atoms with E-state index in [1.165, 1.54) is 67.7 Å². The molecule has 4 heterocycles. The molecule has 0 saturated carbocycles. The van der Waals surface area contributed by atoms with Crippen molar-refractivity contribution in [2.75, 3.05) is 45.0 Å². The van der Waals surface area contributed by atoms with Crippen LogP contribution in [0, 0.1) is 11.5 Å². The minimum atomic E-state index is -4.16. The number of hydrogen-bond acceptors (Lipinski definition) is 13. The van der Waals surface area contributed by atoms with Crippen LogP contribution in [0.25, 0.3) is 0 Å². The van der Waals surface area contributed by atoms with E-state index in [2.05, 4.69) is 32.4 Å². The summed E-state index contributed by atoms with van der Waals surface area (Å²) in [4.78, 5) is 12.8. The predicted octanol–water partition coefficient (Wildman–Crippen LogP) is 4.02. The number of amides is 2. The standard InChI is InChI=1S/C22H28N4O5S.C13H13NO.C9H15N3O4S/c1-3-31-22(12-30-13-22)18-11-19(24-26(18)2)32(28,29)25-21(27)23-20-16-8-4-6-14(16)10-15-7-5-9-17(15)20;14-8-15-13-11-5-1-3-9(11)7-10-4-2-6-12(10)13;1-3-16-9(5-15-6-9)7-4-8(11-12(7)2)17(10,13)14/h10-11H,3-9,12-13H2,1-2H3,(H2,23,25,27);7H,1-6H2;4H,3,5-6H2,1-2H3,(H2,10,13,14). The van der Waals surface area contributed by atoms with Crippen molar-refractivity contribution in [3.8, 4) is 12.0 Å². The van der Waals surface area contributed by atoms with Crippen LogP contribution in [0.5, 0.6) is 5.75 Å². The summed E-state index contributed by atoms with van der Waals surface area (Å²) in [5, 5.41) is 24.2. The third-order valence-corrected chi connectivity index (χ3v) is 14.9. The molecular weight excluding hydrogens is 865 g/mol. The number of aromatic nitrogens is 4. The van der Waals surface area contributed by atoms with Crippen LogP contribution in [0.1, 0.15) is 95.4 Å². The van der Waals surface area contributed by atoms with Gasteiger partial charge in [0, 0.05) is 45.1 Å². The van der Waals surface area contributed by atoms with Gasteiger partial charge in [-0.05, 0) is 135 Å². The van der Waals surface area contributed by atoms with Crippen LogP contribution in [0.4, 0.5) is 10.5 Å². The van der Waals surface area contributed by atoms with E-state index in [1.54, 1.807) is 14.1 Å². The summed E-state index contributed by atoms with van der Waals surface area (Å²) in [6.07, 6.45) is 14.6. The highest BCUT2D eigenvalue weighted by Gasteiger charge is 2.46. The lowest BCUT2D eigenvalue weighted by Gasteiger charge is -2.40. The Kier molecular flexibility index (Phi) is 13.0. The molecule has 2 fully saturated rings. The van der Waals surface area contributed by atoms with Crippen molar-refractivity contribution in [3.63, 3.8) is 0 Å². The molecule has 0 radical (unpaired) electrons. The summed E-state index contributed by atoms with van der Waals surface area (Å²) < 4.78 is 80.5. The second-order valence-corrected chi connectivity index (χ2v) is 20.2. The molecule has 2 aromatic carbocycles. The van der Waals surface area contributed by atoms with Gasteiger partial charge in [0.25, 0.3) is 26.3 Å². The van der Waals surface area contributed by atoms with E-state index in [4.69, 9.17) is 34.1 Å². The van der Waals surface area contributed by atoms with Gasteiger partial charge in [0.1, 0.15) is 5.75 Å². The Bertz CT molecular complexity index is 2650. The second-order valence-electron chi connectivity index (χ2n) is 17.0. The molecule has 18 nitrogen and oxygen atoms in total. The molecule has 4 N–H and O–H groups in total. The molecule has 0 bridgehead atoms. The molecule has 344 valence electrons. The van der Waals surface area contributed by atoms with Crippen LogP contribution in [-0.2, 0) is 116 Å². The van der Waals surface area contributed by atoms with Crippen molar-refractivity contribution in [2.24, 2.45) is 19.2 Å². The highest BCUT2D eigenvalue weighted by Crippen LogP contribution is 2.41. The van der Waals surface area contributed by atoms with Crippen LogP contribution >= 0.6 is 0 Å². The lowest BCUT2D eigenvalue weighted by atomic mass is 9.97. The lowest BCUT2D eigenvalue weighted by Crippen LogP contribution is -2.50. The number of nitriles is 1. The number of benzene rings is 2. The highest BCUT2D eigenvalue weighted by molar-refractivity contribution is 7.90. The molecule has 2 amide bonds. The van der Waals surface area contributed by atoms with E-state index in [1.807, 2.05) is 20.1 Å². The zero-order chi connectivity index (χ0) is 45.4. The number of anilines is 1. The topological polar surface area (TPSA) is 241 Å². The maximum atomic E-state index is 12.9. The largest absolute Gasteiger partial charge is 0.387 e. The molecule has 2 saturated heterocycles. The number of hydrogen-bond donors (Lipinski definition) is 3. The third kappa shape index (κ3) is 8.78. The van der Waals surface area contributed by atoms with Gasteiger partial charge in [-0.2, -0.15) is 18.6 Å². The Morgan fingerprint density at radius 1 is 0.719 bits per heavy atom. The van der Waals surface area contributed by atoms with Gasteiger partial charge < -0.3 is 29.0 Å². The number of rotatable bonds is 11. The zero-order valence-electron chi connectivity index (χ0n) is 36.7. The van der Waals surface area contributed by atoms with Crippen LogP contribution in [0.2, 0.25) is 0 Å². The van der Waals surface area contributed by atoms with E-state index in [9.17, 15) is 21.6 Å². The van der Waals surface area contributed by atoms with Gasteiger partial charge in [-0.3, -0.25) is 9.36 Å². The molecule has 4 aliphatic carbocycles. The summed E-state index contributed by atoms with van der Waals surface area (Å²) >= 11 is 0. The predicted molar refractivity (Wildman–Crippen MR) is 233 cm³/mol. The number of aryl methyl sites for hydroxylation is 6. The molecule has 20 heteroatoms. The van der Waals surface area contributed by atoms with Gasteiger partial charge in [-0.15, -0.1) is 5.26 Å². The van der Waals surface area contributed by atoms with Gasteiger partial charge in [-0.25, -0.2) is 23.1 Å². The Morgan fingerprint density at radius 2 is 1.14 bits per heavy atom. The van der Waals surface area contributed by atoms with Gasteiger partial charge in [0.05, 0.1) is 37.8 Å². The normalized spacial score (nSPS) is 18.4. The fourth-order valence-corrected chi connectivity index (χ4v) is 11.4. The molecule has 6 aliphatic rings. The molecule has 0 atom stereocenters. The molecule has 0 unspecified atom stereocenters. The summed E-state index contributed by atoms with van der Waals surface area (Å²) in [5.41, 5.74) is 11.0. The van der Waals surface area contributed by atoms with E-state index in [0.717, 1.165) is 86.8 Å². The van der Waals surface area contributed by atoms with Gasteiger partial charge in [0.15, 0.2) is 21.3 Å². The van der Waals surface area contributed by atoms with Crippen LogP contribution < -0.4 is 19.9 Å². The molecule has 4 aromatic rings. The van der Waals surface area contributed by atoms with Crippen LogP contribution in [0.15, 0.2) is 34.3 Å². The monoisotopic (exact) mass is 920 g/mol. The first kappa shape index (κ1) is 45.7. The number of sulfonamides is 2. The molecule has 2 aliphatic heterocycles. The maximum Gasteiger partial charge on any atom is 0.333 e. The van der Waals surface area contributed by atoms with Gasteiger partial charge in [0.2, 0.25) is 0 Å². The molecule has 0 spiro atoms. The Balaban J connectivity index is 0.000000146. The van der Waals surface area contributed by atoms with Gasteiger partial charge >= 0.3 is 6.03 Å². The first-order valence-corrected chi connectivity index (χ1v) is 24.9. The van der Waals surface area contributed by atoms with E-state index < -0.39 is 37.3 Å². The average Bonchev–Trinajstić information content (AvgIpc) is 4.07. The molecular formula is C44H56N8O10S2. The van der Waals surface area contributed by atoms with Crippen molar-refractivity contribution in [3.05, 3.63) is 80.2 Å². The highest BCUT2D eigenvalue weighted by atomic mass is 32.2. The number of nitrogens with one attached hydrogen (secondary N) is 2. The quantitative estimate of drug-likeness (QED) is 0.180. The lowest BCUT2D eigenvalue weighted by molar-refractivity contribution is -0.218. The maximum absolute atomic E-state index is 12.9. The van der Waals surface area contributed by atoms with Crippen molar-refractivity contribution < 1.29 is 45.3 Å². The number of ether oxygens (including phenoxy) is 5. The van der Waals surface area contributed by atoms with Crippen molar-refractivity contribution in [1.29, 1.82) is 5.26 Å². The summed E-state index contributed by atoms with van der Waals surface area (Å²) in [5.74, 6) is 0.903. The minimum absolute atomic E-state index is 0.152. The van der Waals surface area contributed by atoms with E-state index in [-0.39, 0.29) is 10.1 Å². The zero-order valence-corrected chi connectivity index (χ0v) is 38.4.